The highest BCUT2D eigenvalue weighted by Crippen LogP contribution is 2.38. The highest BCUT2D eigenvalue weighted by atomic mass is 16.1. The molecule has 1 aromatic rings. The van der Waals surface area contributed by atoms with Crippen LogP contribution in [0.5, 0.6) is 0 Å². The lowest BCUT2D eigenvalue weighted by atomic mass is 9.72. The molecule has 0 saturated carbocycles. The lowest BCUT2D eigenvalue weighted by molar-refractivity contribution is -0.114. The standard InChI is InChI=1S/C16H18N2O/c19-12-16-8-6-15(10-13(16)7-9-17-11-16)18-14-4-2-1-3-5-14/h1-6,10,12,17-18H,7-9,11H2. The predicted molar refractivity (Wildman–Crippen MR) is 76.8 cm³/mol. The molecule has 0 aromatic heterocycles. The Labute approximate surface area is 113 Å². The Balaban J connectivity index is 1.81. The second-order valence-corrected chi connectivity index (χ2v) is 5.22. The molecular formula is C16H18N2O. The first-order chi connectivity index (χ1) is 9.32. The maximum absolute atomic E-state index is 11.5. The van der Waals surface area contributed by atoms with Crippen LogP contribution in [0.3, 0.4) is 0 Å². The van der Waals surface area contributed by atoms with Gasteiger partial charge in [-0.2, -0.15) is 0 Å². The van der Waals surface area contributed by atoms with Crippen molar-refractivity contribution < 1.29 is 4.79 Å². The maximum Gasteiger partial charge on any atom is 0.131 e. The number of carbonyl (C=O) groups excluding carboxylic acids is 1. The molecule has 1 heterocycles. The minimum absolute atomic E-state index is 0.305. The van der Waals surface area contributed by atoms with Crippen LogP contribution in [-0.2, 0) is 4.79 Å². The average Bonchev–Trinajstić information content (AvgIpc) is 2.48. The quantitative estimate of drug-likeness (QED) is 0.814. The topological polar surface area (TPSA) is 41.1 Å². The molecule has 19 heavy (non-hydrogen) atoms. The van der Waals surface area contributed by atoms with Gasteiger partial charge in [0.15, 0.2) is 0 Å². The molecule has 3 nitrogen and oxygen atoms in total. The maximum atomic E-state index is 11.5. The molecule has 1 aliphatic heterocycles. The van der Waals surface area contributed by atoms with Crippen LogP contribution in [0.25, 0.3) is 0 Å². The average molecular weight is 254 g/mol. The van der Waals surface area contributed by atoms with Gasteiger partial charge in [0, 0.05) is 17.9 Å². The summed E-state index contributed by atoms with van der Waals surface area (Å²) in [7, 11) is 0. The normalized spacial score (nSPS) is 25.9. The van der Waals surface area contributed by atoms with Crippen molar-refractivity contribution in [3.8, 4) is 0 Å². The van der Waals surface area contributed by atoms with Crippen LogP contribution in [0.1, 0.15) is 12.8 Å². The largest absolute Gasteiger partial charge is 0.356 e. The lowest BCUT2D eigenvalue weighted by Crippen LogP contribution is -2.44. The SMILES string of the molecule is O=CC12CC=C(Nc3ccccc3)C=C1CCNC2. The lowest BCUT2D eigenvalue weighted by Gasteiger charge is -2.37. The van der Waals surface area contributed by atoms with Gasteiger partial charge in [0.1, 0.15) is 6.29 Å². The van der Waals surface area contributed by atoms with Crippen molar-refractivity contribution in [3.05, 3.63) is 53.8 Å². The van der Waals surface area contributed by atoms with Crippen LogP contribution >= 0.6 is 0 Å². The third-order valence-electron chi connectivity index (χ3n) is 3.96. The number of para-hydroxylation sites is 1. The van der Waals surface area contributed by atoms with E-state index in [9.17, 15) is 4.79 Å². The fourth-order valence-corrected chi connectivity index (χ4v) is 2.80. The molecule has 3 rings (SSSR count). The molecule has 1 aliphatic carbocycles. The van der Waals surface area contributed by atoms with E-state index in [2.05, 4.69) is 22.8 Å². The third-order valence-corrected chi connectivity index (χ3v) is 3.96. The van der Waals surface area contributed by atoms with E-state index >= 15 is 0 Å². The number of hydrogen-bond acceptors (Lipinski definition) is 3. The van der Waals surface area contributed by atoms with Crippen LogP contribution in [0.4, 0.5) is 5.69 Å². The van der Waals surface area contributed by atoms with Crippen molar-refractivity contribution in [1.29, 1.82) is 0 Å². The van der Waals surface area contributed by atoms with Gasteiger partial charge in [-0.25, -0.2) is 0 Å². The van der Waals surface area contributed by atoms with Crippen molar-refractivity contribution in [1.82, 2.24) is 5.32 Å². The number of anilines is 1. The van der Waals surface area contributed by atoms with Gasteiger partial charge in [-0.3, -0.25) is 0 Å². The predicted octanol–water partition coefficient (Wildman–Crippen LogP) is 2.49. The van der Waals surface area contributed by atoms with E-state index in [4.69, 9.17) is 0 Å². The Kier molecular flexibility index (Phi) is 3.22. The summed E-state index contributed by atoms with van der Waals surface area (Å²) >= 11 is 0. The molecule has 1 fully saturated rings. The first-order valence-corrected chi connectivity index (χ1v) is 6.73. The number of carbonyl (C=O) groups is 1. The van der Waals surface area contributed by atoms with Gasteiger partial charge in [-0.1, -0.05) is 29.8 Å². The van der Waals surface area contributed by atoms with E-state index in [0.717, 1.165) is 43.6 Å². The second-order valence-electron chi connectivity index (χ2n) is 5.22. The number of piperidine rings is 1. The molecule has 1 unspecified atom stereocenters. The number of fused-ring (bicyclic) bond motifs is 1. The molecule has 0 radical (unpaired) electrons. The van der Waals surface area contributed by atoms with Crippen molar-refractivity contribution >= 4 is 12.0 Å². The molecule has 0 spiro atoms. The van der Waals surface area contributed by atoms with Gasteiger partial charge in [-0.05, 0) is 37.6 Å². The monoisotopic (exact) mass is 254 g/mol. The molecule has 2 aliphatic rings. The molecule has 0 amide bonds. The van der Waals surface area contributed by atoms with Gasteiger partial charge in [0.2, 0.25) is 0 Å². The van der Waals surface area contributed by atoms with Gasteiger partial charge >= 0.3 is 0 Å². The summed E-state index contributed by atoms with van der Waals surface area (Å²) < 4.78 is 0. The van der Waals surface area contributed by atoms with E-state index in [-0.39, 0.29) is 5.41 Å². The summed E-state index contributed by atoms with van der Waals surface area (Å²) in [5.41, 5.74) is 3.13. The van der Waals surface area contributed by atoms with Gasteiger partial charge in [0.05, 0.1) is 5.41 Å². The van der Waals surface area contributed by atoms with E-state index < -0.39 is 0 Å². The molecule has 0 bridgehead atoms. The van der Waals surface area contributed by atoms with Gasteiger partial charge < -0.3 is 15.4 Å². The summed E-state index contributed by atoms with van der Waals surface area (Å²) in [5, 5.41) is 6.72. The van der Waals surface area contributed by atoms with Crippen LogP contribution in [-0.4, -0.2) is 19.4 Å². The van der Waals surface area contributed by atoms with Crippen LogP contribution < -0.4 is 10.6 Å². The van der Waals surface area contributed by atoms with Crippen molar-refractivity contribution in [2.45, 2.75) is 12.8 Å². The Morgan fingerprint density at radius 2 is 2.11 bits per heavy atom. The number of allylic oxidation sites excluding steroid dienone is 2. The van der Waals surface area contributed by atoms with Crippen LogP contribution in [0.2, 0.25) is 0 Å². The fraction of sp³-hybridized carbons (Fsp3) is 0.312. The molecule has 3 heteroatoms. The number of nitrogens with one attached hydrogen (secondary N) is 2. The van der Waals surface area contributed by atoms with Crippen LogP contribution in [0.15, 0.2) is 53.8 Å². The molecule has 2 N–H and O–H groups in total. The Hall–Kier alpha value is -1.87. The first kappa shape index (κ1) is 12.2. The molecule has 98 valence electrons. The minimum atomic E-state index is -0.305. The number of rotatable bonds is 3. The molecule has 1 aromatic carbocycles. The van der Waals surface area contributed by atoms with E-state index in [1.165, 1.54) is 5.57 Å². The van der Waals surface area contributed by atoms with Crippen molar-refractivity contribution in [2.24, 2.45) is 5.41 Å². The first-order valence-electron chi connectivity index (χ1n) is 6.73. The number of benzene rings is 1. The molecule has 1 saturated heterocycles. The number of aldehydes is 1. The number of hydrogen-bond donors (Lipinski definition) is 2. The van der Waals surface area contributed by atoms with E-state index in [1.807, 2.05) is 30.3 Å². The highest BCUT2D eigenvalue weighted by molar-refractivity contribution is 5.69. The van der Waals surface area contributed by atoms with E-state index in [1.54, 1.807) is 0 Å². The molecular weight excluding hydrogens is 236 g/mol. The summed E-state index contributed by atoms with van der Waals surface area (Å²) in [6.45, 7) is 1.72. The molecule has 1 atom stereocenters. The third kappa shape index (κ3) is 2.34. The van der Waals surface area contributed by atoms with Crippen molar-refractivity contribution in [2.75, 3.05) is 18.4 Å². The second kappa shape index (κ2) is 5.02. The highest BCUT2D eigenvalue weighted by Gasteiger charge is 2.37. The zero-order chi connectivity index (χ0) is 13.1. The Morgan fingerprint density at radius 1 is 1.26 bits per heavy atom. The Bertz CT molecular complexity index is 533. The van der Waals surface area contributed by atoms with Crippen molar-refractivity contribution in [3.63, 3.8) is 0 Å². The summed E-state index contributed by atoms with van der Waals surface area (Å²) in [6.07, 6.45) is 7.11. The Morgan fingerprint density at radius 3 is 2.89 bits per heavy atom. The summed E-state index contributed by atoms with van der Waals surface area (Å²) in [6, 6.07) is 10.1. The van der Waals surface area contributed by atoms with Crippen LogP contribution in [0, 0.1) is 5.41 Å². The zero-order valence-corrected chi connectivity index (χ0v) is 10.9. The van der Waals surface area contributed by atoms with E-state index in [0.29, 0.717) is 0 Å². The minimum Gasteiger partial charge on any atom is -0.356 e. The van der Waals surface area contributed by atoms with Gasteiger partial charge in [-0.15, -0.1) is 0 Å². The summed E-state index contributed by atoms with van der Waals surface area (Å²) in [4.78, 5) is 11.5. The smallest absolute Gasteiger partial charge is 0.131 e. The van der Waals surface area contributed by atoms with Gasteiger partial charge in [0.25, 0.3) is 0 Å². The zero-order valence-electron chi connectivity index (χ0n) is 10.9. The summed E-state index contributed by atoms with van der Waals surface area (Å²) in [5.74, 6) is 0. The fourth-order valence-electron chi connectivity index (χ4n) is 2.80.